The number of aromatic nitrogens is 1. The minimum atomic E-state index is -5.38. The van der Waals surface area contributed by atoms with Gasteiger partial charge in [0, 0.05) is 5.02 Å². The Balaban J connectivity index is 2.07. The standard InChI is InChI=1S/C18H11Cl2F4N3O3S/c1-30-15(29)17(18(22,23)24,26-14(28)10-4-2-8(19)6-11(10)20)27-16-25-12-5-3-9(21)7-13(12)31-16/h2-7H,1H3,(H,25,27)(H,26,28). The van der Waals surface area contributed by atoms with Crippen LogP contribution >= 0.6 is 34.5 Å². The molecule has 0 radical (unpaired) electrons. The predicted molar refractivity (Wildman–Crippen MR) is 108 cm³/mol. The highest BCUT2D eigenvalue weighted by Gasteiger charge is 2.64. The molecule has 1 atom stereocenters. The number of carbonyl (C=O) groups excluding carboxylic acids is 2. The summed E-state index contributed by atoms with van der Waals surface area (Å²) in [5.74, 6) is -3.81. The van der Waals surface area contributed by atoms with E-state index in [1.165, 1.54) is 12.1 Å². The van der Waals surface area contributed by atoms with E-state index in [0.717, 1.165) is 31.4 Å². The highest BCUT2D eigenvalue weighted by molar-refractivity contribution is 7.22. The van der Waals surface area contributed by atoms with E-state index in [4.69, 9.17) is 23.2 Å². The van der Waals surface area contributed by atoms with Gasteiger partial charge in [-0.25, -0.2) is 14.2 Å². The van der Waals surface area contributed by atoms with Crippen molar-refractivity contribution in [2.24, 2.45) is 0 Å². The number of fused-ring (bicyclic) bond motifs is 1. The van der Waals surface area contributed by atoms with Gasteiger partial charge in [-0.1, -0.05) is 34.5 Å². The number of ether oxygens (including phenoxy) is 1. The van der Waals surface area contributed by atoms with Crippen molar-refractivity contribution in [1.82, 2.24) is 10.3 Å². The van der Waals surface area contributed by atoms with Gasteiger partial charge >= 0.3 is 17.8 Å². The molecule has 0 saturated carbocycles. The van der Waals surface area contributed by atoms with Gasteiger partial charge in [0.25, 0.3) is 5.91 Å². The van der Waals surface area contributed by atoms with E-state index >= 15 is 0 Å². The molecule has 0 fully saturated rings. The first kappa shape index (κ1) is 23.0. The van der Waals surface area contributed by atoms with Crippen LogP contribution in [-0.4, -0.2) is 35.8 Å². The molecule has 0 aliphatic carbocycles. The highest BCUT2D eigenvalue weighted by Crippen LogP contribution is 2.36. The second-order valence-electron chi connectivity index (χ2n) is 6.07. The van der Waals surface area contributed by atoms with Crippen molar-refractivity contribution in [2.75, 3.05) is 12.4 Å². The van der Waals surface area contributed by atoms with Gasteiger partial charge in [0.2, 0.25) is 0 Å². The van der Waals surface area contributed by atoms with Crippen LogP contribution in [0.5, 0.6) is 0 Å². The van der Waals surface area contributed by atoms with Gasteiger partial charge in [-0.15, -0.1) is 0 Å². The molecule has 164 valence electrons. The zero-order valence-electron chi connectivity index (χ0n) is 15.3. The minimum absolute atomic E-state index is 0.149. The monoisotopic (exact) mass is 495 g/mol. The van der Waals surface area contributed by atoms with Crippen molar-refractivity contribution in [3.63, 3.8) is 0 Å². The first-order chi connectivity index (χ1) is 14.5. The van der Waals surface area contributed by atoms with E-state index in [0.29, 0.717) is 11.3 Å². The van der Waals surface area contributed by atoms with Crippen molar-refractivity contribution in [1.29, 1.82) is 0 Å². The van der Waals surface area contributed by atoms with Gasteiger partial charge in [-0.05, 0) is 36.4 Å². The van der Waals surface area contributed by atoms with Crippen LogP contribution in [0.4, 0.5) is 22.7 Å². The van der Waals surface area contributed by atoms with Gasteiger partial charge in [0.1, 0.15) is 5.82 Å². The number of carbonyl (C=O) groups is 2. The third kappa shape index (κ3) is 4.53. The number of nitrogens with zero attached hydrogens (tertiary/aromatic N) is 1. The molecular formula is C18H11Cl2F4N3O3S. The van der Waals surface area contributed by atoms with Crippen LogP contribution in [-0.2, 0) is 9.53 Å². The fraction of sp³-hybridized carbons (Fsp3) is 0.167. The summed E-state index contributed by atoms with van der Waals surface area (Å²) in [4.78, 5) is 28.8. The number of benzene rings is 2. The number of methoxy groups -OCH3 is 1. The summed E-state index contributed by atoms with van der Waals surface area (Å²) in [6.07, 6.45) is -5.38. The normalized spacial score (nSPS) is 13.5. The molecule has 0 aliphatic heterocycles. The van der Waals surface area contributed by atoms with E-state index in [1.807, 2.05) is 5.32 Å². The maximum atomic E-state index is 14.1. The molecule has 31 heavy (non-hydrogen) atoms. The SMILES string of the molecule is COC(=O)C(NC(=O)c1ccc(Cl)cc1Cl)(Nc1nc2ccc(F)cc2s1)C(F)(F)F. The fourth-order valence-corrected chi connectivity index (χ4v) is 4.01. The summed E-state index contributed by atoms with van der Waals surface area (Å²) < 4.78 is 60.4. The number of alkyl halides is 3. The van der Waals surface area contributed by atoms with Gasteiger partial charge in [0.15, 0.2) is 5.13 Å². The molecule has 1 unspecified atom stereocenters. The number of amides is 1. The summed E-state index contributed by atoms with van der Waals surface area (Å²) >= 11 is 12.3. The van der Waals surface area contributed by atoms with Gasteiger partial charge < -0.3 is 15.4 Å². The van der Waals surface area contributed by atoms with E-state index < -0.39 is 34.7 Å². The third-order valence-corrected chi connectivity index (χ3v) is 5.52. The average molecular weight is 496 g/mol. The lowest BCUT2D eigenvalue weighted by molar-refractivity contribution is -0.203. The molecule has 0 aliphatic rings. The Morgan fingerprint density at radius 3 is 2.45 bits per heavy atom. The first-order valence-electron chi connectivity index (χ1n) is 8.24. The minimum Gasteiger partial charge on any atom is -0.466 e. The highest BCUT2D eigenvalue weighted by atomic mass is 35.5. The molecule has 13 heteroatoms. The molecule has 2 N–H and O–H groups in total. The van der Waals surface area contributed by atoms with Gasteiger partial charge in [0.05, 0.1) is 27.9 Å². The Bertz CT molecular complexity index is 1170. The topological polar surface area (TPSA) is 80.3 Å². The second kappa shape index (κ2) is 8.48. The summed E-state index contributed by atoms with van der Waals surface area (Å²) in [6, 6.07) is 6.89. The Kier molecular flexibility index (Phi) is 6.30. The average Bonchev–Trinajstić information content (AvgIpc) is 3.06. The second-order valence-corrected chi connectivity index (χ2v) is 7.95. The Labute approximate surface area is 186 Å². The molecular weight excluding hydrogens is 485 g/mol. The van der Waals surface area contributed by atoms with E-state index in [-0.39, 0.29) is 25.8 Å². The third-order valence-electron chi connectivity index (χ3n) is 4.04. The molecule has 2 aromatic carbocycles. The lowest BCUT2D eigenvalue weighted by atomic mass is 10.1. The van der Waals surface area contributed by atoms with E-state index in [1.54, 1.807) is 5.32 Å². The van der Waals surface area contributed by atoms with Crippen LogP contribution in [0.3, 0.4) is 0 Å². The molecule has 0 bridgehead atoms. The first-order valence-corrected chi connectivity index (χ1v) is 9.81. The van der Waals surface area contributed by atoms with Crippen molar-refractivity contribution < 1.29 is 31.9 Å². The molecule has 0 spiro atoms. The number of esters is 1. The number of rotatable bonds is 5. The number of anilines is 1. The molecule has 3 rings (SSSR count). The lowest BCUT2D eigenvalue weighted by Crippen LogP contribution is -2.69. The molecule has 1 heterocycles. The zero-order chi connectivity index (χ0) is 23.0. The molecule has 1 amide bonds. The number of thiazole rings is 1. The number of hydrogen-bond acceptors (Lipinski definition) is 6. The quantitative estimate of drug-likeness (QED) is 0.295. The van der Waals surface area contributed by atoms with Crippen LogP contribution in [0, 0.1) is 5.82 Å². The summed E-state index contributed by atoms with van der Waals surface area (Å²) in [5, 5.41) is 3.03. The molecule has 1 aromatic heterocycles. The molecule has 6 nitrogen and oxygen atoms in total. The number of nitrogens with one attached hydrogen (secondary N) is 2. The van der Waals surface area contributed by atoms with Crippen LogP contribution < -0.4 is 10.6 Å². The summed E-state index contributed by atoms with van der Waals surface area (Å²) in [7, 11) is 0.722. The van der Waals surface area contributed by atoms with Gasteiger partial charge in [-0.2, -0.15) is 13.2 Å². The summed E-state index contributed by atoms with van der Waals surface area (Å²) in [5.41, 5.74) is -3.90. The number of hydrogen-bond donors (Lipinski definition) is 2. The van der Waals surface area contributed by atoms with Crippen molar-refractivity contribution >= 4 is 61.8 Å². The van der Waals surface area contributed by atoms with Crippen molar-refractivity contribution in [3.8, 4) is 0 Å². The van der Waals surface area contributed by atoms with Crippen LogP contribution in [0.15, 0.2) is 36.4 Å². The maximum absolute atomic E-state index is 14.1. The Hall–Kier alpha value is -2.63. The Morgan fingerprint density at radius 2 is 1.84 bits per heavy atom. The predicted octanol–water partition coefficient (Wildman–Crippen LogP) is 5.02. The zero-order valence-corrected chi connectivity index (χ0v) is 17.6. The largest absolute Gasteiger partial charge is 0.466 e. The van der Waals surface area contributed by atoms with Crippen molar-refractivity contribution in [2.45, 2.75) is 11.8 Å². The van der Waals surface area contributed by atoms with E-state index in [9.17, 15) is 27.2 Å². The van der Waals surface area contributed by atoms with Crippen LogP contribution in [0.25, 0.3) is 10.2 Å². The van der Waals surface area contributed by atoms with Crippen LogP contribution in [0.2, 0.25) is 10.0 Å². The van der Waals surface area contributed by atoms with Crippen molar-refractivity contribution in [3.05, 3.63) is 57.8 Å². The molecule has 0 saturated heterocycles. The number of halogens is 6. The fourth-order valence-electron chi connectivity index (χ4n) is 2.57. The molecule has 3 aromatic rings. The smallest absolute Gasteiger partial charge is 0.442 e. The Morgan fingerprint density at radius 1 is 1.13 bits per heavy atom. The maximum Gasteiger partial charge on any atom is 0.442 e. The summed E-state index contributed by atoms with van der Waals surface area (Å²) in [6.45, 7) is 0. The van der Waals surface area contributed by atoms with E-state index in [2.05, 4.69) is 9.72 Å². The van der Waals surface area contributed by atoms with Gasteiger partial charge in [-0.3, -0.25) is 4.79 Å². The lowest BCUT2D eigenvalue weighted by Gasteiger charge is -2.34. The van der Waals surface area contributed by atoms with Crippen LogP contribution in [0.1, 0.15) is 10.4 Å².